The predicted molar refractivity (Wildman–Crippen MR) is 63.4 cm³/mol. The van der Waals surface area contributed by atoms with E-state index in [1.165, 1.54) is 0 Å². The van der Waals surface area contributed by atoms with Crippen LogP contribution in [0.3, 0.4) is 0 Å². The van der Waals surface area contributed by atoms with Crippen molar-refractivity contribution in [2.75, 3.05) is 25.9 Å². The second-order valence-electron chi connectivity index (χ2n) is 4.62. The molecule has 3 N–H and O–H groups in total. The van der Waals surface area contributed by atoms with Crippen LogP contribution in [0, 0.1) is 0 Å². The molecule has 1 amide bonds. The molecule has 2 rings (SSSR count). The fraction of sp³-hybridized carbons (Fsp3) is 0.700. The normalized spacial score (nSPS) is 26.2. The van der Waals surface area contributed by atoms with E-state index < -0.39 is 0 Å². The Morgan fingerprint density at radius 2 is 2.00 bits per heavy atom. The highest BCUT2D eigenvalue weighted by Crippen LogP contribution is 2.14. The average molecular weight is 238 g/mol. The lowest BCUT2D eigenvalue weighted by atomic mass is 10.1. The minimum Gasteiger partial charge on any atom is -0.366 e. The second kappa shape index (κ2) is 4.33. The van der Waals surface area contributed by atoms with Gasteiger partial charge in [0.25, 0.3) is 5.91 Å². The van der Waals surface area contributed by atoms with Crippen molar-refractivity contribution in [3.05, 3.63) is 5.82 Å². The summed E-state index contributed by atoms with van der Waals surface area (Å²) in [4.78, 5) is 20.0. The van der Waals surface area contributed by atoms with E-state index in [4.69, 9.17) is 5.73 Å². The monoisotopic (exact) mass is 238 g/mol. The summed E-state index contributed by atoms with van der Waals surface area (Å²) in [5, 5.41) is 6.22. The smallest absolute Gasteiger partial charge is 0.291 e. The van der Waals surface area contributed by atoms with Gasteiger partial charge in [0.15, 0.2) is 0 Å². The maximum atomic E-state index is 12.1. The van der Waals surface area contributed by atoms with Crippen molar-refractivity contribution in [1.82, 2.24) is 25.0 Å². The van der Waals surface area contributed by atoms with Crippen LogP contribution in [0.2, 0.25) is 0 Å². The molecule has 94 valence electrons. The van der Waals surface area contributed by atoms with E-state index in [1.54, 1.807) is 4.90 Å². The molecule has 1 aliphatic rings. The molecule has 0 saturated carbocycles. The number of amides is 1. The molecule has 2 heterocycles. The van der Waals surface area contributed by atoms with Gasteiger partial charge in [-0.15, -0.1) is 5.10 Å². The van der Waals surface area contributed by atoms with E-state index in [2.05, 4.69) is 41.0 Å². The van der Waals surface area contributed by atoms with E-state index in [9.17, 15) is 4.79 Å². The van der Waals surface area contributed by atoms with Crippen LogP contribution in [0.4, 0.5) is 5.95 Å². The molecule has 17 heavy (non-hydrogen) atoms. The van der Waals surface area contributed by atoms with Gasteiger partial charge in [-0.1, -0.05) is 0 Å². The van der Waals surface area contributed by atoms with Crippen molar-refractivity contribution in [3.63, 3.8) is 0 Å². The first-order valence-electron chi connectivity index (χ1n) is 5.68. The number of hydrogen-bond acceptors (Lipinski definition) is 5. The summed E-state index contributed by atoms with van der Waals surface area (Å²) < 4.78 is 0. The maximum Gasteiger partial charge on any atom is 0.291 e. The molecule has 0 radical (unpaired) electrons. The Morgan fingerprint density at radius 1 is 1.41 bits per heavy atom. The van der Waals surface area contributed by atoms with Crippen molar-refractivity contribution in [2.24, 2.45) is 0 Å². The summed E-state index contributed by atoms with van der Waals surface area (Å²) in [5.74, 6) is 0.177. The molecule has 0 spiro atoms. The number of anilines is 1. The number of likely N-dealkylation sites (N-methyl/N-ethyl adjacent to an activating group) is 1. The van der Waals surface area contributed by atoms with E-state index in [0.29, 0.717) is 25.2 Å². The molecule has 7 heteroatoms. The van der Waals surface area contributed by atoms with Crippen LogP contribution in [0.15, 0.2) is 0 Å². The molecule has 1 aromatic heterocycles. The number of aromatic nitrogens is 3. The molecule has 1 aromatic rings. The summed E-state index contributed by atoms with van der Waals surface area (Å²) in [6, 6.07) is 0.672. The molecule has 1 aliphatic heterocycles. The van der Waals surface area contributed by atoms with E-state index in [0.717, 1.165) is 0 Å². The molecule has 1 fully saturated rings. The van der Waals surface area contributed by atoms with Crippen LogP contribution in [0.5, 0.6) is 0 Å². The van der Waals surface area contributed by atoms with Crippen LogP contribution < -0.4 is 5.73 Å². The van der Waals surface area contributed by atoms with Crippen LogP contribution in [-0.4, -0.2) is 63.1 Å². The number of nitrogens with two attached hydrogens (primary N) is 1. The van der Waals surface area contributed by atoms with Crippen LogP contribution >= 0.6 is 0 Å². The van der Waals surface area contributed by atoms with Gasteiger partial charge in [0.2, 0.25) is 11.8 Å². The number of rotatable bonds is 1. The molecule has 1 saturated heterocycles. The second-order valence-corrected chi connectivity index (χ2v) is 4.62. The van der Waals surface area contributed by atoms with Gasteiger partial charge in [0.05, 0.1) is 0 Å². The highest BCUT2D eigenvalue weighted by Gasteiger charge is 2.30. The van der Waals surface area contributed by atoms with E-state index in [-0.39, 0.29) is 17.7 Å². The third-order valence-electron chi connectivity index (χ3n) is 3.35. The summed E-state index contributed by atoms with van der Waals surface area (Å²) in [6.07, 6.45) is 0. The van der Waals surface area contributed by atoms with E-state index in [1.807, 2.05) is 0 Å². The lowest BCUT2D eigenvalue weighted by Gasteiger charge is -2.42. The average Bonchev–Trinajstić information content (AvgIpc) is 2.71. The maximum absolute atomic E-state index is 12.1. The first kappa shape index (κ1) is 11.8. The fourth-order valence-corrected chi connectivity index (χ4v) is 2.09. The summed E-state index contributed by atoms with van der Waals surface area (Å²) >= 11 is 0. The number of aromatic amines is 1. The molecule has 2 unspecified atom stereocenters. The first-order chi connectivity index (χ1) is 7.99. The molecule has 7 nitrogen and oxygen atoms in total. The zero-order valence-electron chi connectivity index (χ0n) is 10.3. The summed E-state index contributed by atoms with van der Waals surface area (Å²) in [5.41, 5.74) is 5.39. The largest absolute Gasteiger partial charge is 0.366 e. The highest BCUT2D eigenvalue weighted by molar-refractivity contribution is 5.90. The van der Waals surface area contributed by atoms with Gasteiger partial charge in [0, 0.05) is 25.2 Å². The van der Waals surface area contributed by atoms with Gasteiger partial charge >= 0.3 is 0 Å². The number of nitrogens with zero attached hydrogens (tertiary/aromatic N) is 4. The molecule has 0 aliphatic carbocycles. The fourth-order valence-electron chi connectivity index (χ4n) is 2.09. The number of carbonyl (C=O) groups excluding carboxylic acids is 1. The molecule has 0 aromatic carbocycles. The standard InChI is InChI=1S/C10H18N6O/c1-6-4-16(5-7(2)15(6)3)9(17)8-12-10(11)14-13-8/h6-7H,4-5H2,1-3H3,(H3,11,12,13,14). The molecular weight excluding hydrogens is 220 g/mol. The lowest BCUT2D eigenvalue weighted by molar-refractivity contribution is 0.0404. The van der Waals surface area contributed by atoms with E-state index >= 15 is 0 Å². The van der Waals surface area contributed by atoms with Gasteiger partial charge in [0.1, 0.15) is 0 Å². The minimum atomic E-state index is -0.138. The topological polar surface area (TPSA) is 91.1 Å². The molecule has 0 bridgehead atoms. The third-order valence-corrected chi connectivity index (χ3v) is 3.35. The third kappa shape index (κ3) is 2.23. The first-order valence-corrected chi connectivity index (χ1v) is 5.68. The zero-order chi connectivity index (χ0) is 12.6. The SMILES string of the molecule is CC1CN(C(=O)c2nc(N)n[nH]2)CC(C)N1C. The van der Waals surface area contributed by atoms with Crippen LogP contribution in [-0.2, 0) is 0 Å². The number of H-pyrrole nitrogens is 1. The quantitative estimate of drug-likeness (QED) is 0.691. The van der Waals surface area contributed by atoms with Crippen LogP contribution in [0.25, 0.3) is 0 Å². The van der Waals surface area contributed by atoms with Crippen molar-refractivity contribution in [2.45, 2.75) is 25.9 Å². The van der Waals surface area contributed by atoms with Gasteiger partial charge in [-0.2, -0.15) is 4.98 Å². The predicted octanol–water partition coefficient (Wildman–Crippen LogP) is -0.448. The van der Waals surface area contributed by atoms with Gasteiger partial charge in [-0.25, -0.2) is 0 Å². The zero-order valence-corrected chi connectivity index (χ0v) is 10.3. The Hall–Kier alpha value is -1.63. The van der Waals surface area contributed by atoms with Crippen molar-refractivity contribution in [3.8, 4) is 0 Å². The molecule has 2 atom stereocenters. The van der Waals surface area contributed by atoms with Crippen molar-refractivity contribution in [1.29, 1.82) is 0 Å². The Morgan fingerprint density at radius 3 is 2.47 bits per heavy atom. The number of hydrogen-bond donors (Lipinski definition) is 2. The number of piperazine rings is 1. The van der Waals surface area contributed by atoms with Crippen molar-refractivity contribution >= 4 is 11.9 Å². The number of carbonyl (C=O) groups is 1. The Bertz CT molecular complexity index is 405. The Labute approximate surface area is 100.0 Å². The Kier molecular flexibility index (Phi) is 3.01. The van der Waals surface area contributed by atoms with Gasteiger partial charge in [-0.3, -0.25) is 14.8 Å². The van der Waals surface area contributed by atoms with Crippen LogP contribution in [0.1, 0.15) is 24.5 Å². The summed E-state index contributed by atoms with van der Waals surface area (Å²) in [7, 11) is 2.07. The lowest BCUT2D eigenvalue weighted by Crippen LogP contribution is -2.56. The molecular formula is C10H18N6O. The summed E-state index contributed by atoms with van der Waals surface area (Å²) in [6.45, 7) is 5.59. The number of nitrogens with one attached hydrogen (secondary N) is 1. The minimum absolute atomic E-state index is 0.101. The van der Waals surface area contributed by atoms with Gasteiger partial charge in [-0.05, 0) is 20.9 Å². The highest BCUT2D eigenvalue weighted by atomic mass is 16.2. The Balaban J connectivity index is 2.11. The van der Waals surface area contributed by atoms with Gasteiger partial charge < -0.3 is 10.6 Å². The van der Waals surface area contributed by atoms with Crippen molar-refractivity contribution < 1.29 is 4.79 Å². The number of nitrogen functional groups attached to an aromatic ring is 1.